The molecule has 4 nitrogen and oxygen atoms in total. The van der Waals surface area contributed by atoms with Crippen LogP contribution < -0.4 is 4.90 Å². The minimum Gasteiger partial charge on any atom is -0.307 e. The zero-order chi connectivity index (χ0) is 15.5. The number of hydrogen-bond donors (Lipinski definition) is 0. The van der Waals surface area contributed by atoms with Crippen molar-refractivity contribution >= 4 is 17.1 Å². The first kappa shape index (κ1) is 14.3. The first-order valence-corrected chi connectivity index (χ1v) is 7.59. The summed E-state index contributed by atoms with van der Waals surface area (Å²) in [6.07, 6.45) is 2.74. The summed E-state index contributed by atoms with van der Waals surface area (Å²) < 4.78 is 1.99. The monoisotopic (exact) mass is 293 g/mol. The lowest BCUT2D eigenvalue weighted by Crippen LogP contribution is -2.31. The van der Waals surface area contributed by atoms with E-state index in [2.05, 4.69) is 4.98 Å². The normalized spacial score (nSPS) is 10.8. The Bertz CT molecular complexity index is 792. The third-order valence-electron chi connectivity index (χ3n) is 3.77. The Morgan fingerprint density at radius 2 is 1.82 bits per heavy atom. The number of benzene rings is 1. The minimum atomic E-state index is -0.0582. The number of carbonyl (C=O) groups excluding carboxylic acids is 1. The van der Waals surface area contributed by atoms with E-state index in [4.69, 9.17) is 0 Å². The molecule has 3 rings (SSSR count). The number of imidazole rings is 1. The first-order chi connectivity index (χ1) is 10.8. The fourth-order valence-electron chi connectivity index (χ4n) is 2.69. The topological polar surface area (TPSA) is 37.6 Å². The van der Waals surface area contributed by atoms with E-state index in [-0.39, 0.29) is 5.91 Å². The summed E-state index contributed by atoms with van der Waals surface area (Å²) in [5, 5.41) is 0. The molecule has 1 aromatic carbocycles. The molecule has 0 saturated carbocycles. The van der Waals surface area contributed by atoms with E-state index in [1.807, 2.05) is 73.0 Å². The molecule has 1 amide bonds. The van der Waals surface area contributed by atoms with Crippen molar-refractivity contribution in [2.75, 3.05) is 11.4 Å². The first-order valence-electron chi connectivity index (χ1n) is 7.59. The second-order valence-electron chi connectivity index (χ2n) is 5.07. The Labute approximate surface area is 130 Å². The van der Waals surface area contributed by atoms with Gasteiger partial charge in [0.05, 0.1) is 5.52 Å². The maximum absolute atomic E-state index is 13.0. The zero-order valence-electron chi connectivity index (χ0n) is 12.9. The molecule has 22 heavy (non-hydrogen) atoms. The summed E-state index contributed by atoms with van der Waals surface area (Å²) in [6.45, 7) is 4.63. The number of aromatic nitrogens is 2. The maximum atomic E-state index is 13.0. The molecule has 0 radical (unpaired) electrons. The van der Waals surface area contributed by atoms with E-state index >= 15 is 0 Å². The van der Waals surface area contributed by atoms with Crippen molar-refractivity contribution in [2.24, 2.45) is 0 Å². The quantitative estimate of drug-likeness (QED) is 0.737. The van der Waals surface area contributed by atoms with Crippen LogP contribution in [0, 0.1) is 0 Å². The average Bonchev–Trinajstić information content (AvgIpc) is 2.95. The van der Waals surface area contributed by atoms with Crippen LogP contribution in [0.25, 0.3) is 5.52 Å². The molecule has 0 atom stereocenters. The molecule has 0 N–H and O–H groups in total. The summed E-state index contributed by atoms with van der Waals surface area (Å²) in [6, 6.07) is 15.5. The van der Waals surface area contributed by atoms with Crippen LogP contribution in [0.3, 0.4) is 0 Å². The molecular formula is C18H19N3O. The fourth-order valence-corrected chi connectivity index (χ4v) is 2.69. The fraction of sp³-hybridized carbons (Fsp3) is 0.222. The molecule has 4 heteroatoms. The van der Waals surface area contributed by atoms with Gasteiger partial charge < -0.3 is 9.30 Å². The van der Waals surface area contributed by atoms with Crippen LogP contribution >= 0.6 is 0 Å². The van der Waals surface area contributed by atoms with Crippen LogP contribution in [0.5, 0.6) is 0 Å². The molecule has 0 spiro atoms. The van der Waals surface area contributed by atoms with Gasteiger partial charge in [0.1, 0.15) is 5.82 Å². The highest BCUT2D eigenvalue weighted by atomic mass is 16.2. The lowest BCUT2D eigenvalue weighted by Gasteiger charge is -2.20. The number of para-hydroxylation sites is 1. The Kier molecular flexibility index (Phi) is 3.92. The van der Waals surface area contributed by atoms with E-state index in [0.29, 0.717) is 12.2 Å². The van der Waals surface area contributed by atoms with Crippen LogP contribution in [0.2, 0.25) is 0 Å². The molecule has 0 saturated heterocycles. The van der Waals surface area contributed by atoms with Gasteiger partial charge in [0.25, 0.3) is 5.91 Å². The van der Waals surface area contributed by atoms with Gasteiger partial charge in [-0.1, -0.05) is 31.2 Å². The predicted octanol–water partition coefficient (Wildman–Crippen LogP) is 3.56. The number of carbonyl (C=O) groups is 1. The number of aryl methyl sites for hydroxylation is 1. The molecule has 0 bridgehead atoms. The van der Waals surface area contributed by atoms with Gasteiger partial charge in [-0.15, -0.1) is 0 Å². The molecule has 3 aromatic rings. The number of amides is 1. The van der Waals surface area contributed by atoms with Crippen molar-refractivity contribution in [1.82, 2.24) is 9.38 Å². The highest BCUT2D eigenvalue weighted by molar-refractivity contribution is 6.09. The van der Waals surface area contributed by atoms with Gasteiger partial charge in [-0.3, -0.25) is 4.79 Å². The van der Waals surface area contributed by atoms with Gasteiger partial charge in [0.15, 0.2) is 5.69 Å². The van der Waals surface area contributed by atoms with E-state index in [0.717, 1.165) is 23.4 Å². The number of fused-ring (bicyclic) bond motifs is 1. The summed E-state index contributed by atoms with van der Waals surface area (Å²) in [7, 11) is 0. The van der Waals surface area contributed by atoms with E-state index in [9.17, 15) is 4.79 Å². The number of pyridine rings is 1. The van der Waals surface area contributed by atoms with E-state index in [1.165, 1.54) is 0 Å². The molecular weight excluding hydrogens is 274 g/mol. The third kappa shape index (κ3) is 2.37. The highest BCUT2D eigenvalue weighted by Crippen LogP contribution is 2.20. The zero-order valence-corrected chi connectivity index (χ0v) is 12.9. The van der Waals surface area contributed by atoms with Gasteiger partial charge in [0.2, 0.25) is 0 Å². The van der Waals surface area contributed by atoms with Crippen LogP contribution in [0.1, 0.15) is 30.2 Å². The van der Waals surface area contributed by atoms with Gasteiger partial charge in [0, 0.05) is 24.8 Å². The number of anilines is 1. The Hall–Kier alpha value is -2.62. The van der Waals surface area contributed by atoms with Gasteiger partial charge >= 0.3 is 0 Å². The molecule has 0 fully saturated rings. The van der Waals surface area contributed by atoms with E-state index in [1.54, 1.807) is 4.90 Å². The summed E-state index contributed by atoms with van der Waals surface area (Å²) in [5.74, 6) is 0.847. The Morgan fingerprint density at radius 1 is 1.09 bits per heavy atom. The predicted molar refractivity (Wildman–Crippen MR) is 88.4 cm³/mol. The average molecular weight is 293 g/mol. The standard InChI is InChI=1S/C18H19N3O/c1-3-16-19-17(15-12-8-9-13-21(15)16)18(22)20(4-2)14-10-6-5-7-11-14/h5-13H,3-4H2,1-2H3. The SMILES string of the molecule is CCc1nc(C(=O)N(CC)c2ccccc2)c2ccccn12. The largest absolute Gasteiger partial charge is 0.307 e. The van der Waals surface area contributed by atoms with Crippen molar-refractivity contribution in [3.8, 4) is 0 Å². The molecule has 112 valence electrons. The van der Waals surface area contributed by atoms with Crippen LogP contribution in [0.4, 0.5) is 5.69 Å². The molecule has 0 aliphatic rings. The van der Waals surface area contributed by atoms with Crippen LogP contribution in [-0.2, 0) is 6.42 Å². The summed E-state index contributed by atoms with van der Waals surface area (Å²) >= 11 is 0. The van der Waals surface area contributed by atoms with Crippen molar-refractivity contribution < 1.29 is 4.79 Å². The minimum absolute atomic E-state index is 0.0582. The second kappa shape index (κ2) is 6.02. The van der Waals surface area contributed by atoms with Crippen molar-refractivity contribution in [3.05, 3.63) is 66.2 Å². The summed E-state index contributed by atoms with van der Waals surface area (Å²) in [4.78, 5) is 19.3. The maximum Gasteiger partial charge on any atom is 0.279 e. The van der Waals surface area contributed by atoms with E-state index < -0.39 is 0 Å². The molecule has 2 heterocycles. The molecule has 0 unspecified atom stereocenters. The number of hydrogen-bond acceptors (Lipinski definition) is 2. The van der Waals surface area contributed by atoms with Crippen molar-refractivity contribution in [2.45, 2.75) is 20.3 Å². The van der Waals surface area contributed by atoms with Gasteiger partial charge in [-0.2, -0.15) is 0 Å². The second-order valence-corrected chi connectivity index (χ2v) is 5.07. The Balaban J connectivity index is 2.08. The van der Waals surface area contributed by atoms with Crippen molar-refractivity contribution in [1.29, 1.82) is 0 Å². The number of rotatable bonds is 4. The Morgan fingerprint density at radius 3 is 2.50 bits per heavy atom. The molecule has 0 aliphatic carbocycles. The smallest absolute Gasteiger partial charge is 0.279 e. The van der Waals surface area contributed by atoms with Gasteiger partial charge in [-0.25, -0.2) is 4.98 Å². The highest BCUT2D eigenvalue weighted by Gasteiger charge is 2.22. The van der Waals surface area contributed by atoms with Crippen LogP contribution in [-0.4, -0.2) is 21.8 Å². The van der Waals surface area contributed by atoms with Gasteiger partial charge in [-0.05, 0) is 31.2 Å². The summed E-state index contributed by atoms with van der Waals surface area (Å²) in [5.41, 5.74) is 2.27. The van der Waals surface area contributed by atoms with Crippen molar-refractivity contribution in [3.63, 3.8) is 0 Å². The third-order valence-corrected chi connectivity index (χ3v) is 3.77. The molecule has 0 aliphatic heterocycles. The lowest BCUT2D eigenvalue weighted by atomic mass is 10.2. The van der Waals surface area contributed by atoms with Crippen LogP contribution in [0.15, 0.2) is 54.7 Å². The molecule has 2 aromatic heterocycles. The number of nitrogens with zero attached hydrogens (tertiary/aromatic N) is 3. The lowest BCUT2D eigenvalue weighted by molar-refractivity contribution is 0.0985.